The van der Waals surface area contributed by atoms with Gasteiger partial charge in [-0.2, -0.15) is 0 Å². The van der Waals surface area contributed by atoms with Crippen molar-refractivity contribution in [1.82, 2.24) is 20.3 Å². The van der Waals surface area contributed by atoms with Gasteiger partial charge in [0.25, 0.3) is 5.91 Å². The van der Waals surface area contributed by atoms with E-state index in [0.717, 1.165) is 15.6 Å². The summed E-state index contributed by atoms with van der Waals surface area (Å²) in [4.78, 5) is 22.8. The second kappa shape index (κ2) is 6.69. The van der Waals surface area contributed by atoms with Gasteiger partial charge in [0.2, 0.25) is 0 Å². The van der Waals surface area contributed by atoms with E-state index in [1.807, 2.05) is 26.0 Å². The van der Waals surface area contributed by atoms with Crippen LogP contribution in [0, 0.1) is 13.8 Å². The molecular formula is C14H15BrN4O3. The number of halogens is 1. The van der Waals surface area contributed by atoms with Crippen molar-refractivity contribution in [3.8, 4) is 0 Å². The van der Waals surface area contributed by atoms with Crippen molar-refractivity contribution >= 4 is 27.8 Å². The summed E-state index contributed by atoms with van der Waals surface area (Å²) in [6.07, 6.45) is 1.49. The largest absolute Gasteiger partial charge is 0.480 e. The number of hydrogen-bond acceptors (Lipinski definition) is 4. The molecule has 0 aliphatic carbocycles. The zero-order valence-corrected chi connectivity index (χ0v) is 13.7. The highest BCUT2D eigenvalue weighted by Gasteiger charge is 2.12. The van der Waals surface area contributed by atoms with Crippen molar-refractivity contribution in [2.45, 2.75) is 26.9 Å². The number of nitrogens with one attached hydrogen (secondary N) is 1. The predicted octanol–water partition coefficient (Wildman–Crippen LogP) is 1.67. The smallest absolute Gasteiger partial charge is 0.325 e. The van der Waals surface area contributed by atoms with Crippen LogP contribution in [-0.4, -0.2) is 32.0 Å². The highest BCUT2D eigenvalue weighted by molar-refractivity contribution is 9.10. The van der Waals surface area contributed by atoms with Crippen LogP contribution in [0.2, 0.25) is 0 Å². The first-order valence-corrected chi connectivity index (χ1v) is 7.32. The second-order valence-electron chi connectivity index (χ2n) is 4.90. The van der Waals surface area contributed by atoms with Gasteiger partial charge < -0.3 is 10.4 Å². The Labute approximate surface area is 135 Å². The van der Waals surface area contributed by atoms with Crippen molar-refractivity contribution in [3.63, 3.8) is 0 Å². The van der Waals surface area contributed by atoms with Gasteiger partial charge in [0, 0.05) is 10.0 Å². The minimum absolute atomic E-state index is 0.188. The Kier molecular flexibility index (Phi) is 4.92. The third kappa shape index (κ3) is 3.91. The fourth-order valence-electron chi connectivity index (χ4n) is 1.93. The molecule has 0 saturated carbocycles. The molecule has 0 atom stereocenters. The SMILES string of the molecule is Cc1cc(C(=O)NCc2cn(CC(=O)O)nn2)c(C)cc1Br. The number of amides is 1. The number of aliphatic carboxylic acids is 1. The van der Waals surface area contributed by atoms with E-state index in [0.29, 0.717) is 11.3 Å². The number of rotatable bonds is 5. The Bertz CT molecular complexity index is 727. The Morgan fingerprint density at radius 3 is 2.73 bits per heavy atom. The van der Waals surface area contributed by atoms with Gasteiger partial charge in [-0.15, -0.1) is 5.10 Å². The van der Waals surface area contributed by atoms with Gasteiger partial charge >= 0.3 is 5.97 Å². The van der Waals surface area contributed by atoms with Crippen LogP contribution in [0.1, 0.15) is 27.2 Å². The molecule has 2 rings (SSSR count). The van der Waals surface area contributed by atoms with Crippen molar-refractivity contribution in [1.29, 1.82) is 0 Å². The maximum absolute atomic E-state index is 12.2. The predicted molar refractivity (Wildman–Crippen MR) is 82.4 cm³/mol. The van der Waals surface area contributed by atoms with E-state index in [9.17, 15) is 9.59 Å². The molecular weight excluding hydrogens is 352 g/mol. The van der Waals surface area contributed by atoms with Crippen LogP contribution >= 0.6 is 15.9 Å². The second-order valence-corrected chi connectivity index (χ2v) is 5.75. The summed E-state index contributed by atoms with van der Waals surface area (Å²) in [5.74, 6) is -1.21. The molecule has 8 heteroatoms. The number of carboxylic acid groups (broad SMARTS) is 1. The molecule has 7 nitrogen and oxygen atoms in total. The first-order valence-electron chi connectivity index (χ1n) is 6.52. The Morgan fingerprint density at radius 1 is 1.32 bits per heavy atom. The van der Waals surface area contributed by atoms with Crippen LogP contribution in [0.3, 0.4) is 0 Å². The molecule has 0 saturated heterocycles. The van der Waals surface area contributed by atoms with E-state index in [1.54, 1.807) is 0 Å². The molecule has 116 valence electrons. The first kappa shape index (κ1) is 16.2. The molecule has 1 heterocycles. The number of nitrogens with zero attached hydrogens (tertiary/aromatic N) is 3. The summed E-state index contributed by atoms with van der Waals surface area (Å²) in [6, 6.07) is 3.71. The van der Waals surface area contributed by atoms with E-state index < -0.39 is 5.97 Å². The molecule has 0 aliphatic rings. The van der Waals surface area contributed by atoms with E-state index >= 15 is 0 Å². The summed E-state index contributed by atoms with van der Waals surface area (Å²) in [6.45, 7) is 3.71. The molecule has 0 bridgehead atoms. The normalized spacial score (nSPS) is 10.5. The third-order valence-corrected chi connectivity index (χ3v) is 3.92. The third-order valence-electron chi connectivity index (χ3n) is 3.06. The Morgan fingerprint density at radius 2 is 2.05 bits per heavy atom. The molecule has 2 N–H and O–H groups in total. The number of carboxylic acids is 1. The molecule has 0 unspecified atom stereocenters. The van der Waals surface area contributed by atoms with Gasteiger partial charge in [-0.3, -0.25) is 9.59 Å². The molecule has 0 fully saturated rings. The van der Waals surface area contributed by atoms with E-state index in [4.69, 9.17) is 5.11 Å². The van der Waals surface area contributed by atoms with Crippen LogP contribution < -0.4 is 5.32 Å². The molecule has 22 heavy (non-hydrogen) atoms. The minimum Gasteiger partial charge on any atom is -0.480 e. The van der Waals surface area contributed by atoms with Crippen molar-refractivity contribution in [2.75, 3.05) is 0 Å². The van der Waals surface area contributed by atoms with E-state index in [-0.39, 0.29) is 19.0 Å². The molecule has 1 aromatic heterocycles. The highest BCUT2D eigenvalue weighted by Crippen LogP contribution is 2.21. The lowest BCUT2D eigenvalue weighted by molar-refractivity contribution is -0.137. The number of carbonyl (C=O) groups excluding carboxylic acids is 1. The van der Waals surface area contributed by atoms with Gasteiger partial charge in [0.15, 0.2) is 0 Å². The first-order chi connectivity index (χ1) is 10.4. The summed E-state index contributed by atoms with van der Waals surface area (Å²) < 4.78 is 2.16. The van der Waals surface area contributed by atoms with Crippen LogP contribution in [-0.2, 0) is 17.9 Å². The fourth-order valence-corrected chi connectivity index (χ4v) is 2.38. The van der Waals surface area contributed by atoms with Crippen LogP contribution in [0.15, 0.2) is 22.8 Å². The summed E-state index contributed by atoms with van der Waals surface area (Å²) in [5.41, 5.74) is 2.94. The maximum atomic E-state index is 12.2. The van der Waals surface area contributed by atoms with Crippen molar-refractivity contribution in [2.24, 2.45) is 0 Å². The van der Waals surface area contributed by atoms with Crippen molar-refractivity contribution < 1.29 is 14.7 Å². The zero-order chi connectivity index (χ0) is 16.3. The van der Waals surface area contributed by atoms with E-state index in [1.165, 1.54) is 10.9 Å². The van der Waals surface area contributed by atoms with E-state index in [2.05, 4.69) is 31.6 Å². The van der Waals surface area contributed by atoms with Crippen LogP contribution in [0.4, 0.5) is 0 Å². The Hall–Kier alpha value is -2.22. The average molecular weight is 367 g/mol. The molecule has 0 spiro atoms. The quantitative estimate of drug-likeness (QED) is 0.838. The summed E-state index contributed by atoms with van der Waals surface area (Å²) in [5, 5.41) is 18.9. The van der Waals surface area contributed by atoms with Gasteiger partial charge in [-0.25, -0.2) is 4.68 Å². The lowest BCUT2D eigenvalue weighted by Gasteiger charge is -2.09. The van der Waals surface area contributed by atoms with Gasteiger partial charge in [-0.05, 0) is 37.1 Å². The lowest BCUT2D eigenvalue weighted by Crippen LogP contribution is -2.24. The Balaban J connectivity index is 2.02. The maximum Gasteiger partial charge on any atom is 0.325 e. The molecule has 1 amide bonds. The van der Waals surface area contributed by atoms with Crippen molar-refractivity contribution in [3.05, 3.63) is 45.2 Å². The number of hydrogen-bond donors (Lipinski definition) is 2. The fraction of sp³-hybridized carbons (Fsp3) is 0.286. The minimum atomic E-state index is -0.999. The number of aryl methyl sites for hydroxylation is 2. The lowest BCUT2D eigenvalue weighted by atomic mass is 10.1. The van der Waals surface area contributed by atoms with Gasteiger partial charge in [-0.1, -0.05) is 21.1 Å². The highest BCUT2D eigenvalue weighted by atomic mass is 79.9. The number of aromatic nitrogens is 3. The average Bonchev–Trinajstić information content (AvgIpc) is 2.87. The zero-order valence-electron chi connectivity index (χ0n) is 12.1. The number of carbonyl (C=O) groups is 2. The molecule has 0 radical (unpaired) electrons. The summed E-state index contributed by atoms with van der Waals surface area (Å²) in [7, 11) is 0. The molecule has 0 aliphatic heterocycles. The topological polar surface area (TPSA) is 97.1 Å². The molecule has 1 aromatic carbocycles. The summed E-state index contributed by atoms with van der Waals surface area (Å²) >= 11 is 3.43. The number of benzene rings is 1. The molecule has 2 aromatic rings. The van der Waals surface area contributed by atoms with Crippen LogP contribution in [0.25, 0.3) is 0 Å². The van der Waals surface area contributed by atoms with Crippen LogP contribution in [0.5, 0.6) is 0 Å². The van der Waals surface area contributed by atoms with Gasteiger partial charge in [0.1, 0.15) is 12.2 Å². The monoisotopic (exact) mass is 366 g/mol. The standard InChI is InChI=1S/C14H15BrN4O3/c1-8-4-12(15)9(2)3-11(8)14(22)16-5-10-6-19(18-17-10)7-13(20)21/h3-4,6H,5,7H2,1-2H3,(H,16,22)(H,20,21). The van der Waals surface area contributed by atoms with Gasteiger partial charge in [0.05, 0.1) is 12.7 Å².